The van der Waals surface area contributed by atoms with Gasteiger partial charge in [0.25, 0.3) is 5.91 Å². The number of fused-ring (bicyclic) bond motifs is 1. The molecule has 0 radical (unpaired) electrons. The van der Waals surface area contributed by atoms with Gasteiger partial charge in [0.15, 0.2) is 0 Å². The van der Waals surface area contributed by atoms with Gasteiger partial charge in [0, 0.05) is 48.6 Å². The summed E-state index contributed by atoms with van der Waals surface area (Å²) in [6, 6.07) is 18.3. The first-order chi connectivity index (χ1) is 24.6. The summed E-state index contributed by atoms with van der Waals surface area (Å²) in [7, 11) is 0. The SMILES string of the molecule is CCN(CC)CCNC(=O)c1ccc(-c2ccc(C[C@H](NC(=O)[C@H]3CC[C@H](CNC(=O)O)CC3)C(=O)Nc3ccc4cn[nH]c4c3)cc2)c(C)c1. The number of nitrogens with zero attached hydrogens (tertiary/aromatic N) is 2. The first kappa shape index (κ1) is 37.0. The number of aryl methyl sites for hydroxylation is 1. The molecule has 270 valence electrons. The lowest BCUT2D eigenvalue weighted by Crippen LogP contribution is -2.48. The maximum Gasteiger partial charge on any atom is 0.404 e. The first-order valence-electron chi connectivity index (χ1n) is 17.8. The average Bonchev–Trinajstić information content (AvgIpc) is 3.61. The number of carboxylic acid groups (broad SMARTS) is 1. The van der Waals surface area contributed by atoms with Crippen LogP contribution in [0.3, 0.4) is 0 Å². The average molecular weight is 696 g/mol. The van der Waals surface area contributed by atoms with Gasteiger partial charge >= 0.3 is 6.09 Å². The maximum absolute atomic E-state index is 13.7. The minimum atomic E-state index is -1.04. The number of rotatable bonds is 15. The minimum absolute atomic E-state index is 0.0914. The van der Waals surface area contributed by atoms with Crippen LogP contribution in [-0.2, 0) is 16.0 Å². The molecule has 0 aliphatic heterocycles. The second-order valence-corrected chi connectivity index (χ2v) is 13.3. The van der Waals surface area contributed by atoms with Gasteiger partial charge in [-0.05, 0) is 104 Å². The summed E-state index contributed by atoms with van der Waals surface area (Å²) < 4.78 is 0. The molecule has 4 amide bonds. The summed E-state index contributed by atoms with van der Waals surface area (Å²) in [4.78, 5) is 53.2. The van der Waals surface area contributed by atoms with Crippen LogP contribution in [0, 0.1) is 18.8 Å². The Balaban J connectivity index is 1.25. The normalized spacial score (nSPS) is 16.4. The molecule has 1 aliphatic rings. The molecule has 1 fully saturated rings. The maximum atomic E-state index is 13.7. The molecule has 51 heavy (non-hydrogen) atoms. The molecule has 0 spiro atoms. The van der Waals surface area contributed by atoms with Crippen molar-refractivity contribution in [3.05, 3.63) is 83.6 Å². The number of benzene rings is 3. The van der Waals surface area contributed by atoms with E-state index in [9.17, 15) is 19.2 Å². The highest BCUT2D eigenvalue weighted by Gasteiger charge is 2.30. The predicted octanol–water partition coefficient (Wildman–Crippen LogP) is 5.35. The summed E-state index contributed by atoms with van der Waals surface area (Å²) >= 11 is 0. The quantitative estimate of drug-likeness (QED) is 0.0975. The van der Waals surface area contributed by atoms with E-state index in [2.05, 4.69) is 50.2 Å². The van der Waals surface area contributed by atoms with Crippen LogP contribution in [0.1, 0.15) is 61.0 Å². The van der Waals surface area contributed by atoms with Gasteiger partial charge in [0.05, 0.1) is 11.7 Å². The summed E-state index contributed by atoms with van der Waals surface area (Å²) in [5.41, 5.74) is 5.85. The number of anilines is 1. The number of nitrogens with one attached hydrogen (secondary N) is 5. The minimum Gasteiger partial charge on any atom is -0.465 e. The molecule has 1 aliphatic carbocycles. The van der Waals surface area contributed by atoms with Gasteiger partial charge in [-0.1, -0.05) is 44.2 Å². The summed E-state index contributed by atoms with van der Waals surface area (Å²) in [5.74, 6) is -0.646. The van der Waals surface area contributed by atoms with Crippen LogP contribution in [0.25, 0.3) is 22.0 Å². The molecule has 0 bridgehead atoms. The highest BCUT2D eigenvalue weighted by Crippen LogP contribution is 2.29. The fourth-order valence-corrected chi connectivity index (χ4v) is 6.76. The van der Waals surface area contributed by atoms with Crippen LogP contribution in [-0.4, -0.2) is 82.8 Å². The van der Waals surface area contributed by atoms with E-state index in [0.717, 1.165) is 65.6 Å². The number of aromatic amines is 1. The molecule has 3 aromatic carbocycles. The molecule has 0 unspecified atom stereocenters. The summed E-state index contributed by atoms with van der Waals surface area (Å²) in [6.45, 7) is 9.88. The van der Waals surface area contributed by atoms with Crippen molar-refractivity contribution in [2.45, 2.75) is 58.9 Å². The smallest absolute Gasteiger partial charge is 0.404 e. The van der Waals surface area contributed by atoms with E-state index in [1.165, 1.54) is 0 Å². The first-order valence-corrected chi connectivity index (χ1v) is 17.8. The van der Waals surface area contributed by atoms with Crippen LogP contribution in [0.4, 0.5) is 10.5 Å². The molecule has 4 aromatic rings. The van der Waals surface area contributed by atoms with Gasteiger partial charge in [0.2, 0.25) is 11.8 Å². The van der Waals surface area contributed by atoms with E-state index < -0.39 is 12.1 Å². The fraction of sp³-hybridized carbons (Fsp3) is 0.410. The summed E-state index contributed by atoms with van der Waals surface area (Å²) in [5, 5.41) is 28.3. The number of carbonyl (C=O) groups is 4. The van der Waals surface area contributed by atoms with Crippen LogP contribution < -0.4 is 21.3 Å². The molecule has 12 nitrogen and oxygen atoms in total. The second-order valence-electron chi connectivity index (χ2n) is 13.3. The topological polar surface area (TPSA) is 169 Å². The van der Waals surface area contributed by atoms with Crippen molar-refractivity contribution in [3.8, 4) is 11.1 Å². The lowest BCUT2D eigenvalue weighted by Gasteiger charge is -2.29. The number of aromatic nitrogens is 2. The molecule has 6 N–H and O–H groups in total. The van der Waals surface area contributed by atoms with Crippen molar-refractivity contribution in [2.75, 3.05) is 38.0 Å². The van der Waals surface area contributed by atoms with Gasteiger partial charge in [-0.2, -0.15) is 5.10 Å². The van der Waals surface area contributed by atoms with Gasteiger partial charge < -0.3 is 31.3 Å². The molecular weight excluding hydrogens is 646 g/mol. The largest absolute Gasteiger partial charge is 0.465 e. The Kier molecular flexibility index (Phi) is 12.8. The van der Waals surface area contributed by atoms with Gasteiger partial charge in [-0.25, -0.2) is 4.79 Å². The number of hydrogen-bond donors (Lipinski definition) is 6. The third-order valence-electron chi connectivity index (χ3n) is 9.90. The zero-order valence-electron chi connectivity index (χ0n) is 29.6. The van der Waals surface area contributed by atoms with E-state index >= 15 is 0 Å². The van der Waals surface area contributed by atoms with Crippen LogP contribution in [0.2, 0.25) is 0 Å². The van der Waals surface area contributed by atoms with E-state index in [1.54, 1.807) is 12.3 Å². The van der Waals surface area contributed by atoms with Gasteiger partial charge in [0.1, 0.15) is 6.04 Å². The monoisotopic (exact) mass is 695 g/mol. The molecule has 1 atom stereocenters. The Morgan fingerprint density at radius 1 is 0.941 bits per heavy atom. The number of hydrogen-bond acceptors (Lipinski definition) is 6. The van der Waals surface area contributed by atoms with E-state index in [-0.39, 0.29) is 36.0 Å². The number of H-pyrrole nitrogens is 1. The third kappa shape index (κ3) is 10.2. The van der Waals surface area contributed by atoms with Gasteiger partial charge in [-0.3, -0.25) is 19.5 Å². The van der Waals surface area contributed by atoms with Crippen molar-refractivity contribution >= 4 is 40.4 Å². The Hall–Kier alpha value is -5.23. The zero-order chi connectivity index (χ0) is 36.3. The number of likely N-dealkylation sites (N-methyl/N-ethyl adjacent to an activating group) is 1. The highest BCUT2D eigenvalue weighted by molar-refractivity contribution is 5.99. The molecule has 5 rings (SSSR count). The zero-order valence-corrected chi connectivity index (χ0v) is 29.6. The highest BCUT2D eigenvalue weighted by atomic mass is 16.4. The van der Waals surface area contributed by atoms with Crippen molar-refractivity contribution in [3.63, 3.8) is 0 Å². The van der Waals surface area contributed by atoms with Crippen molar-refractivity contribution < 1.29 is 24.3 Å². The molecule has 1 heterocycles. The molecule has 0 saturated heterocycles. The lowest BCUT2D eigenvalue weighted by atomic mass is 9.81. The standard InChI is InChI=1S/C39H49N7O5/c1-4-46(5-2)19-18-40-36(47)30-15-17-33(25(3)20-30)28-10-6-26(7-11-28)21-35(38(49)43-32-16-14-31-24-42-45-34(31)22-32)44-37(48)29-12-8-27(9-13-29)23-41-39(50)51/h6-7,10-11,14-17,20,22,24,27,29,35,41H,4-5,8-9,12-13,18-19,21,23H2,1-3H3,(H,40,47)(H,42,45)(H,43,49)(H,44,48)(H,50,51)/t27-,29-,35-/m0/s1. The number of amides is 4. The second kappa shape index (κ2) is 17.6. The molecule has 1 saturated carbocycles. The Labute approximate surface area is 298 Å². The third-order valence-corrected chi connectivity index (χ3v) is 9.90. The van der Waals surface area contributed by atoms with Crippen molar-refractivity contribution in [1.82, 2.24) is 31.0 Å². The van der Waals surface area contributed by atoms with E-state index in [4.69, 9.17) is 5.11 Å². The summed E-state index contributed by atoms with van der Waals surface area (Å²) in [6.07, 6.45) is 3.69. The van der Waals surface area contributed by atoms with Crippen LogP contribution >= 0.6 is 0 Å². The molecule has 12 heteroatoms. The number of carbonyl (C=O) groups excluding carboxylic acids is 3. The van der Waals surface area contributed by atoms with Crippen LogP contribution in [0.15, 0.2) is 66.9 Å². The Morgan fingerprint density at radius 3 is 2.37 bits per heavy atom. The van der Waals surface area contributed by atoms with Crippen molar-refractivity contribution in [1.29, 1.82) is 0 Å². The van der Waals surface area contributed by atoms with E-state index in [1.807, 2.05) is 61.5 Å². The Morgan fingerprint density at radius 2 is 1.69 bits per heavy atom. The van der Waals surface area contributed by atoms with E-state index in [0.29, 0.717) is 37.2 Å². The fourth-order valence-electron chi connectivity index (χ4n) is 6.76. The molecule has 1 aromatic heterocycles. The van der Waals surface area contributed by atoms with Crippen LogP contribution in [0.5, 0.6) is 0 Å². The Bertz CT molecular complexity index is 1810. The van der Waals surface area contributed by atoms with Gasteiger partial charge in [-0.15, -0.1) is 0 Å². The predicted molar refractivity (Wildman–Crippen MR) is 199 cm³/mol. The molecular formula is C39H49N7O5. The lowest BCUT2D eigenvalue weighted by molar-refractivity contribution is -0.130. The van der Waals surface area contributed by atoms with Crippen molar-refractivity contribution in [2.24, 2.45) is 11.8 Å².